The van der Waals surface area contributed by atoms with Gasteiger partial charge in [0, 0.05) is 12.1 Å². The first-order valence-corrected chi connectivity index (χ1v) is 7.34. The van der Waals surface area contributed by atoms with Crippen molar-refractivity contribution in [1.82, 2.24) is 5.32 Å². The van der Waals surface area contributed by atoms with Crippen LogP contribution >= 0.6 is 0 Å². The highest BCUT2D eigenvalue weighted by Gasteiger charge is 2.09. The van der Waals surface area contributed by atoms with Crippen LogP contribution < -0.4 is 10.1 Å². The first kappa shape index (κ1) is 17.0. The number of para-hydroxylation sites is 1. The molecule has 1 unspecified atom stereocenters. The minimum Gasteiger partial charge on any atom is -0.490 e. The van der Waals surface area contributed by atoms with Gasteiger partial charge < -0.3 is 19.9 Å². The highest BCUT2D eigenvalue weighted by Crippen LogP contribution is 2.18. The van der Waals surface area contributed by atoms with Gasteiger partial charge in [-0.15, -0.1) is 0 Å². The van der Waals surface area contributed by atoms with Crippen LogP contribution in [0.1, 0.15) is 32.8 Å². The molecule has 0 aromatic heterocycles. The van der Waals surface area contributed by atoms with Gasteiger partial charge in [0.15, 0.2) is 0 Å². The minimum absolute atomic E-state index is 0.121. The standard InChI is InChI=1S/C16H27NO3/c1-4-9-17-10-14-7-5-6-8-16(14)20-12-15(18)11-19-13(2)3/h5-8,13,15,17-18H,4,9-12H2,1-3H3. The molecule has 0 heterocycles. The molecular weight excluding hydrogens is 254 g/mol. The molecule has 0 bridgehead atoms. The van der Waals surface area contributed by atoms with E-state index < -0.39 is 6.10 Å². The lowest BCUT2D eigenvalue weighted by molar-refractivity contribution is -0.0124. The molecular formula is C16H27NO3. The van der Waals surface area contributed by atoms with Gasteiger partial charge in [0.25, 0.3) is 0 Å². The molecule has 4 nitrogen and oxygen atoms in total. The lowest BCUT2D eigenvalue weighted by atomic mass is 10.2. The van der Waals surface area contributed by atoms with Crippen LogP contribution in [-0.4, -0.2) is 37.1 Å². The van der Waals surface area contributed by atoms with E-state index in [1.807, 2.05) is 38.1 Å². The topological polar surface area (TPSA) is 50.7 Å². The predicted octanol–water partition coefficient (Wildman–Crippen LogP) is 2.35. The van der Waals surface area contributed by atoms with Crippen LogP contribution in [0.3, 0.4) is 0 Å². The molecule has 0 amide bonds. The van der Waals surface area contributed by atoms with Gasteiger partial charge in [-0.25, -0.2) is 0 Å². The van der Waals surface area contributed by atoms with Crippen LogP contribution in [-0.2, 0) is 11.3 Å². The predicted molar refractivity (Wildman–Crippen MR) is 81.0 cm³/mol. The smallest absolute Gasteiger partial charge is 0.123 e. The van der Waals surface area contributed by atoms with Gasteiger partial charge in [0.2, 0.25) is 0 Å². The quantitative estimate of drug-likeness (QED) is 0.646. The normalized spacial score (nSPS) is 12.7. The summed E-state index contributed by atoms with van der Waals surface area (Å²) in [4.78, 5) is 0. The molecule has 2 N–H and O–H groups in total. The summed E-state index contributed by atoms with van der Waals surface area (Å²) in [6.07, 6.45) is 0.623. The Labute approximate surface area is 122 Å². The van der Waals surface area contributed by atoms with Crippen molar-refractivity contribution in [2.24, 2.45) is 0 Å². The van der Waals surface area contributed by atoms with Gasteiger partial charge in [-0.2, -0.15) is 0 Å². The number of benzene rings is 1. The third kappa shape index (κ3) is 6.89. The van der Waals surface area contributed by atoms with E-state index in [4.69, 9.17) is 9.47 Å². The maximum atomic E-state index is 9.80. The molecule has 1 rings (SSSR count). The summed E-state index contributed by atoms with van der Waals surface area (Å²) >= 11 is 0. The Balaban J connectivity index is 2.42. The Kier molecular flexibility index (Phi) is 8.26. The summed E-state index contributed by atoms with van der Waals surface area (Å²) < 4.78 is 11.1. The molecule has 0 fully saturated rings. The Morgan fingerprint density at radius 1 is 1.20 bits per heavy atom. The number of ether oxygens (including phenoxy) is 2. The Morgan fingerprint density at radius 3 is 2.65 bits per heavy atom. The van der Waals surface area contributed by atoms with E-state index in [0.29, 0.717) is 6.61 Å². The van der Waals surface area contributed by atoms with E-state index in [1.165, 1.54) is 0 Å². The zero-order valence-electron chi connectivity index (χ0n) is 12.8. The van der Waals surface area contributed by atoms with E-state index in [0.717, 1.165) is 30.8 Å². The molecule has 0 saturated heterocycles. The van der Waals surface area contributed by atoms with E-state index in [1.54, 1.807) is 0 Å². The molecule has 4 heteroatoms. The van der Waals surface area contributed by atoms with Gasteiger partial charge in [0.1, 0.15) is 18.5 Å². The van der Waals surface area contributed by atoms with Crippen molar-refractivity contribution in [3.63, 3.8) is 0 Å². The fraction of sp³-hybridized carbons (Fsp3) is 0.625. The van der Waals surface area contributed by atoms with Crippen molar-refractivity contribution in [2.45, 2.75) is 45.9 Å². The zero-order valence-corrected chi connectivity index (χ0v) is 12.8. The highest BCUT2D eigenvalue weighted by atomic mass is 16.5. The van der Waals surface area contributed by atoms with Crippen molar-refractivity contribution in [2.75, 3.05) is 19.8 Å². The average molecular weight is 281 g/mol. The summed E-state index contributed by atoms with van der Waals surface area (Å²) in [5.41, 5.74) is 1.11. The lowest BCUT2D eigenvalue weighted by Crippen LogP contribution is -2.25. The second-order valence-electron chi connectivity index (χ2n) is 5.13. The maximum Gasteiger partial charge on any atom is 0.123 e. The van der Waals surface area contributed by atoms with Crippen molar-refractivity contribution in [3.8, 4) is 5.75 Å². The molecule has 0 aliphatic heterocycles. The molecule has 0 radical (unpaired) electrons. The van der Waals surface area contributed by atoms with Crippen LogP contribution in [0.2, 0.25) is 0 Å². The number of hydrogen-bond donors (Lipinski definition) is 2. The average Bonchev–Trinajstić information content (AvgIpc) is 2.44. The number of aliphatic hydroxyl groups excluding tert-OH is 1. The fourth-order valence-corrected chi connectivity index (χ4v) is 1.73. The summed E-state index contributed by atoms with van der Waals surface area (Å²) in [7, 11) is 0. The fourth-order valence-electron chi connectivity index (χ4n) is 1.73. The number of aliphatic hydroxyl groups is 1. The van der Waals surface area contributed by atoms with Crippen molar-refractivity contribution >= 4 is 0 Å². The maximum absolute atomic E-state index is 9.80. The first-order valence-electron chi connectivity index (χ1n) is 7.34. The van der Waals surface area contributed by atoms with E-state index in [-0.39, 0.29) is 12.7 Å². The third-order valence-corrected chi connectivity index (χ3v) is 2.77. The molecule has 0 aliphatic carbocycles. The van der Waals surface area contributed by atoms with Crippen molar-refractivity contribution in [3.05, 3.63) is 29.8 Å². The minimum atomic E-state index is -0.603. The van der Waals surface area contributed by atoms with E-state index in [9.17, 15) is 5.11 Å². The van der Waals surface area contributed by atoms with Crippen LogP contribution in [0.25, 0.3) is 0 Å². The zero-order chi connectivity index (χ0) is 14.8. The second-order valence-corrected chi connectivity index (χ2v) is 5.13. The van der Waals surface area contributed by atoms with Crippen molar-refractivity contribution in [1.29, 1.82) is 0 Å². The Bertz CT molecular complexity index is 368. The number of nitrogens with one attached hydrogen (secondary N) is 1. The third-order valence-electron chi connectivity index (χ3n) is 2.77. The van der Waals surface area contributed by atoms with Gasteiger partial charge in [-0.1, -0.05) is 25.1 Å². The summed E-state index contributed by atoms with van der Waals surface area (Å²) in [6.45, 7) is 8.35. The molecule has 20 heavy (non-hydrogen) atoms. The largest absolute Gasteiger partial charge is 0.490 e. The molecule has 0 spiro atoms. The summed E-state index contributed by atoms with van der Waals surface area (Å²) in [6, 6.07) is 7.90. The number of rotatable bonds is 10. The van der Waals surface area contributed by atoms with Gasteiger partial charge >= 0.3 is 0 Å². The monoisotopic (exact) mass is 281 g/mol. The van der Waals surface area contributed by atoms with Gasteiger partial charge in [0.05, 0.1) is 12.7 Å². The molecule has 1 aromatic rings. The SMILES string of the molecule is CCCNCc1ccccc1OCC(O)COC(C)C. The Morgan fingerprint density at radius 2 is 1.95 bits per heavy atom. The van der Waals surface area contributed by atoms with E-state index >= 15 is 0 Å². The molecule has 114 valence electrons. The van der Waals surface area contributed by atoms with Gasteiger partial charge in [-0.05, 0) is 32.9 Å². The molecule has 0 saturated carbocycles. The molecule has 1 aromatic carbocycles. The van der Waals surface area contributed by atoms with Crippen LogP contribution in [0, 0.1) is 0 Å². The number of hydrogen-bond acceptors (Lipinski definition) is 4. The molecule has 0 aliphatic rings. The first-order chi connectivity index (χ1) is 9.63. The summed E-state index contributed by atoms with van der Waals surface area (Å²) in [5, 5.41) is 13.2. The van der Waals surface area contributed by atoms with Crippen LogP contribution in [0.5, 0.6) is 5.75 Å². The summed E-state index contributed by atoms with van der Waals surface area (Å²) in [5.74, 6) is 0.819. The lowest BCUT2D eigenvalue weighted by Gasteiger charge is -2.16. The van der Waals surface area contributed by atoms with E-state index in [2.05, 4.69) is 12.2 Å². The molecule has 1 atom stereocenters. The highest BCUT2D eigenvalue weighted by molar-refractivity contribution is 5.33. The van der Waals surface area contributed by atoms with Gasteiger partial charge in [-0.3, -0.25) is 0 Å². The van der Waals surface area contributed by atoms with Crippen LogP contribution in [0.4, 0.5) is 0 Å². The Hall–Kier alpha value is -1.10. The van der Waals surface area contributed by atoms with Crippen LogP contribution in [0.15, 0.2) is 24.3 Å². The second kappa shape index (κ2) is 9.75. The van der Waals surface area contributed by atoms with Crippen molar-refractivity contribution < 1.29 is 14.6 Å².